The first-order valence-corrected chi connectivity index (χ1v) is 8.04. The first kappa shape index (κ1) is 18.2. The molecule has 0 radical (unpaired) electrons. The summed E-state index contributed by atoms with van der Waals surface area (Å²) in [4.78, 5) is 11.7. The molecule has 0 saturated heterocycles. The van der Waals surface area contributed by atoms with E-state index in [4.69, 9.17) is 28.6 Å². The van der Waals surface area contributed by atoms with Gasteiger partial charge in [-0.3, -0.25) is 0 Å². The normalized spacial score (nSPS) is 10.1. The molecular formula is C17H16ClFN2O2S. The number of halogens is 2. The van der Waals surface area contributed by atoms with Crippen molar-refractivity contribution >= 4 is 40.6 Å². The average Bonchev–Trinajstić information content (AvgIpc) is 2.54. The maximum absolute atomic E-state index is 13.7. The molecular weight excluding hydrogens is 351 g/mol. The second-order valence-electron chi connectivity index (χ2n) is 4.84. The third-order valence-corrected chi connectivity index (χ3v) is 3.57. The predicted octanol–water partition coefficient (Wildman–Crippen LogP) is 4.14. The third-order valence-electron chi connectivity index (χ3n) is 3.09. The molecule has 2 aromatic rings. The number of anilines is 1. The third kappa shape index (κ3) is 5.18. The summed E-state index contributed by atoms with van der Waals surface area (Å²) < 4.78 is 18.7. The fraction of sp³-hybridized carbons (Fsp3) is 0.176. The molecule has 2 aromatic carbocycles. The van der Waals surface area contributed by atoms with Crippen LogP contribution in [0.15, 0.2) is 42.5 Å². The molecule has 0 unspecified atom stereocenters. The quantitative estimate of drug-likeness (QED) is 0.615. The summed E-state index contributed by atoms with van der Waals surface area (Å²) in [7, 11) is 0. The van der Waals surface area contributed by atoms with Crippen molar-refractivity contribution in [1.82, 2.24) is 5.32 Å². The fourth-order valence-corrected chi connectivity index (χ4v) is 2.30. The van der Waals surface area contributed by atoms with Crippen molar-refractivity contribution in [2.24, 2.45) is 0 Å². The average molecular weight is 367 g/mol. The molecule has 0 aliphatic carbocycles. The Morgan fingerprint density at radius 3 is 2.79 bits per heavy atom. The molecule has 2 rings (SSSR count). The summed E-state index contributed by atoms with van der Waals surface area (Å²) in [6, 6.07) is 11.2. The minimum atomic E-state index is -0.401. The van der Waals surface area contributed by atoms with Crippen LogP contribution in [0.1, 0.15) is 22.8 Å². The summed E-state index contributed by atoms with van der Waals surface area (Å²) in [6.07, 6.45) is 0. The lowest BCUT2D eigenvalue weighted by Gasteiger charge is -2.12. The summed E-state index contributed by atoms with van der Waals surface area (Å²) in [6.45, 7) is 2.27. The summed E-state index contributed by atoms with van der Waals surface area (Å²) >= 11 is 10.9. The van der Waals surface area contributed by atoms with Gasteiger partial charge in [0.2, 0.25) is 0 Å². The predicted molar refractivity (Wildman–Crippen MR) is 96.9 cm³/mol. The fourth-order valence-electron chi connectivity index (χ4n) is 1.95. The minimum Gasteiger partial charge on any atom is -0.462 e. The van der Waals surface area contributed by atoms with Gasteiger partial charge in [-0.2, -0.15) is 0 Å². The van der Waals surface area contributed by atoms with Gasteiger partial charge in [0.15, 0.2) is 5.11 Å². The van der Waals surface area contributed by atoms with Gasteiger partial charge in [0.25, 0.3) is 0 Å². The molecule has 0 atom stereocenters. The highest BCUT2D eigenvalue weighted by Gasteiger charge is 2.08. The topological polar surface area (TPSA) is 50.4 Å². The van der Waals surface area contributed by atoms with Gasteiger partial charge in [0.1, 0.15) is 5.82 Å². The van der Waals surface area contributed by atoms with Gasteiger partial charge in [-0.15, -0.1) is 0 Å². The molecule has 24 heavy (non-hydrogen) atoms. The van der Waals surface area contributed by atoms with E-state index in [0.717, 1.165) is 0 Å². The lowest BCUT2D eigenvalue weighted by molar-refractivity contribution is 0.0526. The van der Waals surface area contributed by atoms with Crippen LogP contribution in [0.5, 0.6) is 0 Å². The number of benzene rings is 2. The minimum absolute atomic E-state index is 0.215. The molecule has 0 heterocycles. The van der Waals surface area contributed by atoms with Crippen LogP contribution in [0.2, 0.25) is 5.02 Å². The van der Waals surface area contributed by atoms with E-state index in [1.807, 2.05) is 0 Å². The van der Waals surface area contributed by atoms with E-state index in [0.29, 0.717) is 33.6 Å². The number of carbonyl (C=O) groups is 1. The zero-order valence-electron chi connectivity index (χ0n) is 12.9. The molecule has 0 aliphatic heterocycles. The van der Waals surface area contributed by atoms with Crippen LogP contribution >= 0.6 is 23.8 Å². The monoisotopic (exact) mass is 366 g/mol. The Morgan fingerprint density at radius 1 is 1.29 bits per heavy atom. The van der Waals surface area contributed by atoms with E-state index in [2.05, 4.69) is 10.6 Å². The van der Waals surface area contributed by atoms with Crippen LogP contribution in [0.25, 0.3) is 0 Å². The van der Waals surface area contributed by atoms with Crippen molar-refractivity contribution in [2.75, 3.05) is 11.9 Å². The highest BCUT2D eigenvalue weighted by atomic mass is 35.5. The lowest BCUT2D eigenvalue weighted by atomic mass is 10.2. The summed E-state index contributed by atoms with van der Waals surface area (Å²) in [5.41, 5.74) is 1.51. The highest BCUT2D eigenvalue weighted by Crippen LogP contribution is 2.15. The maximum atomic E-state index is 13.7. The van der Waals surface area contributed by atoms with Crippen LogP contribution in [-0.2, 0) is 11.3 Å². The standard InChI is InChI=1S/C17H16ClFN2O2S/c1-2-23-16(22)11-4-3-5-14(8-11)21-17(24)20-10-12-6-7-13(18)9-15(12)19/h3-9H,2,10H2,1H3,(H2,20,21,24). The van der Waals surface area contributed by atoms with E-state index >= 15 is 0 Å². The molecule has 0 fully saturated rings. The lowest BCUT2D eigenvalue weighted by Crippen LogP contribution is -2.28. The number of thiocarbonyl (C=S) groups is 1. The first-order chi connectivity index (χ1) is 11.5. The Hall–Kier alpha value is -2.18. The number of nitrogens with one attached hydrogen (secondary N) is 2. The Bertz CT molecular complexity index is 755. The van der Waals surface area contributed by atoms with Crippen molar-refractivity contribution in [3.63, 3.8) is 0 Å². The van der Waals surface area contributed by atoms with E-state index in [9.17, 15) is 9.18 Å². The zero-order valence-corrected chi connectivity index (χ0v) is 14.5. The SMILES string of the molecule is CCOC(=O)c1cccc(NC(=S)NCc2ccc(Cl)cc2F)c1. The number of ether oxygens (including phenoxy) is 1. The molecule has 0 bridgehead atoms. The molecule has 0 aromatic heterocycles. The van der Waals surface area contributed by atoms with Crippen LogP contribution < -0.4 is 10.6 Å². The molecule has 126 valence electrons. The molecule has 0 saturated carbocycles. The van der Waals surface area contributed by atoms with Crippen molar-refractivity contribution in [3.05, 3.63) is 64.4 Å². The smallest absolute Gasteiger partial charge is 0.338 e. The molecule has 0 spiro atoms. The summed E-state index contributed by atoms with van der Waals surface area (Å²) in [5.74, 6) is -0.801. The van der Waals surface area contributed by atoms with Gasteiger partial charge < -0.3 is 15.4 Å². The van der Waals surface area contributed by atoms with Crippen LogP contribution in [0.3, 0.4) is 0 Å². The Morgan fingerprint density at radius 2 is 2.08 bits per heavy atom. The van der Waals surface area contributed by atoms with Crippen LogP contribution in [0, 0.1) is 5.82 Å². The summed E-state index contributed by atoms with van der Waals surface area (Å²) in [5, 5.41) is 6.50. The van der Waals surface area contributed by atoms with Gasteiger partial charge in [0.05, 0.1) is 12.2 Å². The Kier molecular flexibility index (Phi) is 6.52. The van der Waals surface area contributed by atoms with Crippen molar-refractivity contribution in [3.8, 4) is 0 Å². The van der Waals surface area contributed by atoms with Gasteiger partial charge in [-0.05, 0) is 49.5 Å². The number of hydrogen-bond donors (Lipinski definition) is 2. The van der Waals surface area contributed by atoms with Crippen molar-refractivity contribution < 1.29 is 13.9 Å². The highest BCUT2D eigenvalue weighted by molar-refractivity contribution is 7.80. The van der Waals surface area contributed by atoms with E-state index in [-0.39, 0.29) is 6.54 Å². The van der Waals surface area contributed by atoms with Crippen LogP contribution in [-0.4, -0.2) is 17.7 Å². The van der Waals surface area contributed by atoms with Gasteiger partial charge in [-0.25, -0.2) is 9.18 Å². The van der Waals surface area contributed by atoms with E-state index < -0.39 is 11.8 Å². The molecule has 7 heteroatoms. The van der Waals surface area contributed by atoms with Crippen LogP contribution in [0.4, 0.5) is 10.1 Å². The second kappa shape index (κ2) is 8.61. The number of carbonyl (C=O) groups excluding carboxylic acids is 1. The Balaban J connectivity index is 1.95. The molecule has 0 amide bonds. The largest absolute Gasteiger partial charge is 0.462 e. The van der Waals surface area contributed by atoms with E-state index in [1.165, 1.54) is 6.07 Å². The van der Waals surface area contributed by atoms with Gasteiger partial charge in [-0.1, -0.05) is 23.7 Å². The Labute approximate surface area is 150 Å². The maximum Gasteiger partial charge on any atom is 0.338 e. The number of hydrogen-bond acceptors (Lipinski definition) is 3. The zero-order chi connectivity index (χ0) is 17.5. The molecule has 0 aliphatic rings. The van der Waals surface area contributed by atoms with Crippen molar-refractivity contribution in [1.29, 1.82) is 0 Å². The van der Waals surface area contributed by atoms with Gasteiger partial charge >= 0.3 is 5.97 Å². The first-order valence-electron chi connectivity index (χ1n) is 7.25. The molecule has 4 nitrogen and oxygen atoms in total. The van der Waals surface area contributed by atoms with E-state index in [1.54, 1.807) is 43.3 Å². The number of rotatable bonds is 5. The number of esters is 1. The van der Waals surface area contributed by atoms with Crippen molar-refractivity contribution in [2.45, 2.75) is 13.5 Å². The molecule has 2 N–H and O–H groups in total. The van der Waals surface area contributed by atoms with Gasteiger partial charge in [0, 0.05) is 22.8 Å². The second-order valence-corrected chi connectivity index (χ2v) is 5.69.